The van der Waals surface area contributed by atoms with Gasteiger partial charge in [0.25, 0.3) is 11.8 Å². The Morgan fingerprint density at radius 3 is 2.59 bits per heavy atom. The first-order valence-corrected chi connectivity index (χ1v) is 9.43. The van der Waals surface area contributed by atoms with Gasteiger partial charge in [-0.2, -0.15) is 0 Å². The van der Waals surface area contributed by atoms with Crippen molar-refractivity contribution >= 4 is 62.5 Å². The number of benzene rings is 2. The quantitative estimate of drug-likeness (QED) is 0.238. The Hall–Kier alpha value is -3.11. The molecule has 1 fully saturated rings. The SMILES string of the molecule is COc1ccc(C=C2C(=O)NC(=S)N(c3ccc(Br)cc3C)C2=O)cc1[N+](=O)[O-]. The van der Waals surface area contributed by atoms with Crippen molar-refractivity contribution in [1.29, 1.82) is 0 Å². The molecule has 148 valence electrons. The number of halogens is 1. The van der Waals surface area contributed by atoms with Crippen LogP contribution in [0.5, 0.6) is 5.75 Å². The lowest BCUT2D eigenvalue weighted by Crippen LogP contribution is -2.54. The molecule has 8 nitrogen and oxygen atoms in total. The van der Waals surface area contributed by atoms with E-state index in [-0.39, 0.29) is 22.1 Å². The van der Waals surface area contributed by atoms with Crippen molar-refractivity contribution in [3.8, 4) is 5.75 Å². The van der Waals surface area contributed by atoms with Gasteiger partial charge in [-0.05, 0) is 60.6 Å². The predicted molar refractivity (Wildman–Crippen MR) is 115 cm³/mol. The predicted octanol–water partition coefficient (Wildman–Crippen LogP) is 3.51. The lowest BCUT2D eigenvalue weighted by Gasteiger charge is -2.30. The molecule has 2 aromatic rings. The molecule has 10 heteroatoms. The molecule has 0 aliphatic carbocycles. The number of ether oxygens (including phenoxy) is 1. The van der Waals surface area contributed by atoms with Crippen molar-refractivity contribution in [3.63, 3.8) is 0 Å². The maximum absolute atomic E-state index is 13.1. The van der Waals surface area contributed by atoms with Crippen LogP contribution in [0.15, 0.2) is 46.4 Å². The Morgan fingerprint density at radius 1 is 1.24 bits per heavy atom. The van der Waals surface area contributed by atoms with Crippen LogP contribution in [0.4, 0.5) is 11.4 Å². The van der Waals surface area contributed by atoms with Gasteiger partial charge in [0.05, 0.1) is 17.7 Å². The third-order valence-corrected chi connectivity index (χ3v) is 4.99. The van der Waals surface area contributed by atoms with E-state index in [1.807, 2.05) is 13.0 Å². The Morgan fingerprint density at radius 2 is 1.97 bits per heavy atom. The van der Waals surface area contributed by atoms with E-state index in [0.29, 0.717) is 11.3 Å². The molecule has 2 amide bonds. The van der Waals surface area contributed by atoms with Crippen LogP contribution < -0.4 is 15.0 Å². The number of nitrogens with one attached hydrogen (secondary N) is 1. The Bertz CT molecular complexity index is 1100. The van der Waals surface area contributed by atoms with E-state index in [2.05, 4.69) is 21.2 Å². The zero-order valence-corrected chi connectivity index (χ0v) is 17.7. The minimum Gasteiger partial charge on any atom is -0.490 e. The van der Waals surface area contributed by atoms with E-state index in [0.717, 1.165) is 10.0 Å². The fraction of sp³-hybridized carbons (Fsp3) is 0.105. The standard InChI is InChI=1S/C19H14BrN3O5S/c1-10-7-12(20)4-5-14(10)22-18(25)13(17(24)21-19(22)29)8-11-3-6-16(28-2)15(9-11)23(26)27/h3-9H,1-2H3,(H,21,24,29). The molecule has 0 saturated carbocycles. The highest BCUT2D eigenvalue weighted by Crippen LogP contribution is 2.30. The Balaban J connectivity index is 2.06. The molecular weight excluding hydrogens is 462 g/mol. The van der Waals surface area contributed by atoms with E-state index in [4.69, 9.17) is 17.0 Å². The summed E-state index contributed by atoms with van der Waals surface area (Å²) in [5.41, 5.74) is 1.12. The summed E-state index contributed by atoms with van der Waals surface area (Å²) in [6.07, 6.45) is 1.28. The first-order valence-electron chi connectivity index (χ1n) is 8.23. The van der Waals surface area contributed by atoms with Gasteiger partial charge in [-0.25, -0.2) is 0 Å². The number of anilines is 1. The molecule has 1 aliphatic heterocycles. The number of nitrogens with zero attached hydrogens (tertiary/aromatic N) is 2. The molecule has 1 heterocycles. The number of thiocarbonyl (C=S) groups is 1. The van der Waals surface area contributed by atoms with Crippen LogP contribution in [0.3, 0.4) is 0 Å². The second-order valence-corrected chi connectivity index (χ2v) is 7.38. The van der Waals surface area contributed by atoms with Gasteiger partial charge in [0, 0.05) is 10.5 Å². The molecule has 29 heavy (non-hydrogen) atoms. The molecule has 0 atom stereocenters. The summed E-state index contributed by atoms with van der Waals surface area (Å²) in [5, 5.41) is 13.7. The average molecular weight is 476 g/mol. The van der Waals surface area contributed by atoms with Crippen LogP contribution in [0.2, 0.25) is 0 Å². The van der Waals surface area contributed by atoms with Gasteiger partial charge >= 0.3 is 5.69 Å². The first-order chi connectivity index (χ1) is 13.7. The number of carbonyl (C=O) groups is 2. The van der Waals surface area contributed by atoms with Crippen molar-refractivity contribution < 1.29 is 19.2 Å². The van der Waals surface area contributed by atoms with E-state index in [9.17, 15) is 19.7 Å². The molecule has 2 aromatic carbocycles. The summed E-state index contributed by atoms with van der Waals surface area (Å²) in [4.78, 5) is 37.3. The van der Waals surface area contributed by atoms with Gasteiger partial charge in [-0.3, -0.25) is 29.9 Å². The van der Waals surface area contributed by atoms with E-state index in [1.165, 1.54) is 36.3 Å². The fourth-order valence-corrected chi connectivity index (χ4v) is 3.60. The molecule has 0 spiro atoms. The number of aryl methyl sites for hydroxylation is 1. The van der Waals surface area contributed by atoms with E-state index < -0.39 is 16.7 Å². The van der Waals surface area contributed by atoms with Crippen molar-refractivity contribution in [2.75, 3.05) is 12.0 Å². The van der Waals surface area contributed by atoms with Gasteiger partial charge in [0.15, 0.2) is 10.9 Å². The summed E-state index contributed by atoms with van der Waals surface area (Å²) in [6, 6.07) is 9.42. The highest BCUT2D eigenvalue weighted by Gasteiger charge is 2.35. The molecule has 0 unspecified atom stereocenters. The number of amides is 2. The highest BCUT2D eigenvalue weighted by atomic mass is 79.9. The van der Waals surface area contributed by atoms with Crippen LogP contribution in [-0.2, 0) is 9.59 Å². The fourth-order valence-electron chi connectivity index (χ4n) is 2.85. The van der Waals surface area contributed by atoms with Crippen LogP contribution >= 0.6 is 28.1 Å². The second kappa shape index (κ2) is 8.10. The number of carbonyl (C=O) groups excluding carboxylic acids is 2. The summed E-state index contributed by atoms with van der Waals surface area (Å²) >= 11 is 8.55. The number of nitro groups is 1. The third kappa shape index (κ3) is 4.03. The molecule has 0 bridgehead atoms. The zero-order chi connectivity index (χ0) is 21.3. The van der Waals surface area contributed by atoms with Gasteiger partial charge in [-0.1, -0.05) is 22.0 Å². The molecular formula is C19H14BrN3O5S. The van der Waals surface area contributed by atoms with Gasteiger partial charge < -0.3 is 4.74 Å². The topological polar surface area (TPSA) is 102 Å². The van der Waals surface area contributed by atoms with Crippen LogP contribution in [0.1, 0.15) is 11.1 Å². The molecule has 1 N–H and O–H groups in total. The number of rotatable bonds is 4. The molecule has 3 rings (SSSR count). The van der Waals surface area contributed by atoms with Gasteiger partial charge in [-0.15, -0.1) is 0 Å². The molecule has 0 aromatic heterocycles. The van der Waals surface area contributed by atoms with Crippen molar-refractivity contribution in [1.82, 2.24) is 5.32 Å². The van der Waals surface area contributed by atoms with Gasteiger partial charge in [0.1, 0.15) is 5.57 Å². The average Bonchev–Trinajstić information content (AvgIpc) is 2.66. The lowest BCUT2D eigenvalue weighted by atomic mass is 10.1. The Kier molecular flexibility index (Phi) is 5.76. The van der Waals surface area contributed by atoms with Crippen molar-refractivity contribution in [3.05, 3.63) is 67.7 Å². The van der Waals surface area contributed by atoms with Gasteiger partial charge in [0.2, 0.25) is 0 Å². The minimum absolute atomic E-state index is 0.0386. The molecule has 0 radical (unpaired) electrons. The maximum atomic E-state index is 13.1. The highest BCUT2D eigenvalue weighted by molar-refractivity contribution is 9.10. The number of methoxy groups -OCH3 is 1. The van der Waals surface area contributed by atoms with E-state index in [1.54, 1.807) is 12.1 Å². The normalized spacial score (nSPS) is 15.5. The second-order valence-electron chi connectivity index (χ2n) is 6.08. The summed E-state index contributed by atoms with van der Waals surface area (Å²) in [6.45, 7) is 1.81. The van der Waals surface area contributed by atoms with Crippen LogP contribution in [-0.4, -0.2) is 29.0 Å². The third-order valence-electron chi connectivity index (χ3n) is 4.21. The monoisotopic (exact) mass is 475 g/mol. The summed E-state index contributed by atoms with van der Waals surface area (Å²) in [7, 11) is 1.32. The van der Waals surface area contributed by atoms with Crippen molar-refractivity contribution in [2.24, 2.45) is 0 Å². The maximum Gasteiger partial charge on any atom is 0.311 e. The van der Waals surface area contributed by atoms with Crippen LogP contribution in [0, 0.1) is 17.0 Å². The largest absolute Gasteiger partial charge is 0.490 e. The number of hydrogen-bond donors (Lipinski definition) is 1. The minimum atomic E-state index is -0.676. The Labute approximate surface area is 179 Å². The number of hydrogen-bond acceptors (Lipinski definition) is 6. The smallest absolute Gasteiger partial charge is 0.311 e. The summed E-state index contributed by atoms with van der Waals surface area (Å²) < 4.78 is 5.80. The van der Waals surface area contributed by atoms with Crippen molar-refractivity contribution in [2.45, 2.75) is 6.92 Å². The summed E-state index contributed by atoms with van der Waals surface area (Å²) in [5.74, 6) is -1.23. The zero-order valence-electron chi connectivity index (χ0n) is 15.3. The molecule has 1 saturated heterocycles. The first kappa shape index (κ1) is 20.6. The molecule has 1 aliphatic rings. The number of nitro benzene ring substituents is 1. The van der Waals surface area contributed by atoms with E-state index >= 15 is 0 Å². The lowest BCUT2D eigenvalue weighted by molar-refractivity contribution is -0.385. The van der Waals surface area contributed by atoms with Crippen LogP contribution in [0.25, 0.3) is 6.08 Å².